The van der Waals surface area contributed by atoms with Crippen LogP contribution < -0.4 is 4.74 Å². The molecule has 0 radical (unpaired) electrons. The van der Waals surface area contributed by atoms with Crippen molar-refractivity contribution in [3.05, 3.63) is 47.7 Å². The number of benzene rings is 1. The van der Waals surface area contributed by atoms with E-state index in [-0.39, 0.29) is 18.1 Å². The van der Waals surface area contributed by atoms with Crippen LogP contribution in [0.4, 0.5) is 8.78 Å². The van der Waals surface area contributed by atoms with E-state index in [1.54, 1.807) is 25.3 Å². The SMILES string of the molecule is CC(CCCC(=O)O)c1c(F)cc(-c2cccnc2OC2COC2)cc1F. The fourth-order valence-electron chi connectivity index (χ4n) is 3.06. The van der Waals surface area contributed by atoms with E-state index in [0.717, 1.165) is 0 Å². The normalized spacial score (nSPS) is 15.2. The lowest BCUT2D eigenvalue weighted by molar-refractivity contribution is -0.137. The van der Waals surface area contributed by atoms with Crippen molar-refractivity contribution in [1.82, 2.24) is 4.98 Å². The smallest absolute Gasteiger partial charge is 0.303 e. The minimum atomic E-state index is -0.917. The van der Waals surface area contributed by atoms with Gasteiger partial charge in [0.05, 0.1) is 13.2 Å². The van der Waals surface area contributed by atoms with Gasteiger partial charge in [0.2, 0.25) is 5.88 Å². The molecule has 144 valence electrons. The average molecular weight is 377 g/mol. The zero-order chi connectivity index (χ0) is 19.4. The van der Waals surface area contributed by atoms with Gasteiger partial charge >= 0.3 is 5.97 Å². The highest BCUT2D eigenvalue weighted by Crippen LogP contribution is 2.34. The molecule has 0 saturated carbocycles. The zero-order valence-electron chi connectivity index (χ0n) is 15.0. The molecule has 27 heavy (non-hydrogen) atoms. The van der Waals surface area contributed by atoms with Crippen molar-refractivity contribution >= 4 is 5.97 Å². The molecule has 1 N–H and O–H groups in total. The van der Waals surface area contributed by atoms with Gasteiger partial charge in [0.1, 0.15) is 17.7 Å². The molecule has 1 aliphatic heterocycles. The molecule has 1 atom stereocenters. The van der Waals surface area contributed by atoms with Crippen LogP contribution in [0, 0.1) is 11.6 Å². The quantitative estimate of drug-likeness (QED) is 0.748. The van der Waals surface area contributed by atoms with Crippen molar-refractivity contribution in [3.8, 4) is 17.0 Å². The number of carbonyl (C=O) groups is 1. The van der Waals surface area contributed by atoms with E-state index in [1.165, 1.54) is 12.1 Å². The minimum Gasteiger partial charge on any atom is -0.481 e. The minimum absolute atomic E-state index is 0.0209. The van der Waals surface area contributed by atoms with Gasteiger partial charge in [-0.25, -0.2) is 13.8 Å². The number of rotatable bonds is 8. The summed E-state index contributed by atoms with van der Waals surface area (Å²) in [6.45, 7) is 2.62. The number of pyridine rings is 1. The molecule has 0 aliphatic carbocycles. The number of aliphatic carboxylic acids is 1. The molecule has 0 bridgehead atoms. The third-order valence-corrected chi connectivity index (χ3v) is 4.57. The van der Waals surface area contributed by atoms with Crippen LogP contribution in [0.15, 0.2) is 30.5 Å². The summed E-state index contributed by atoms with van der Waals surface area (Å²) in [5, 5.41) is 8.71. The van der Waals surface area contributed by atoms with E-state index < -0.39 is 23.5 Å². The molecular weight excluding hydrogens is 356 g/mol. The Balaban J connectivity index is 1.83. The first-order chi connectivity index (χ1) is 13.0. The van der Waals surface area contributed by atoms with Gasteiger partial charge in [-0.2, -0.15) is 0 Å². The molecule has 2 aromatic rings. The van der Waals surface area contributed by atoms with Crippen molar-refractivity contribution in [2.45, 2.75) is 38.2 Å². The molecule has 1 aromatic carbocycles. The number of halogens is 2. The van der Waals surface area contributed by atoms with E-state index in [4.69, 9.17) is 14.6 Å². The lowest BCUT2D eigenvalue weighted by atomic mass is 9.92. The fraction of sp³-hybridized carbons (Fsp3) is 0.400. The van der Waals surface area contributed by atoms with Crippen molar-refractivity contribution in [1.29, 1.82) is 0 Å². The number of hydrogen-bond donors (Lipinski definition) is 1. The first kappa shape index (κ1) is 19.2. The van der Waals surface area contributed by atoms with Crippen molar-refractivity contribution in [2.75, 3.05) is 13.2 Å². The summed E-state index contributed by atoms with van der Waals surface area (Å²) in [5.41, 5.74) is 0.824. The number of ether oxygens (including phenoxy) is 2. The molecule has 7 heteroatoms. The Morgan fingerprint density at radius 3 is 2.67 bits per heavy atom. The maximum absolute atomic E-state index is 14.7. The molecule has 2 heterocycles. The number of carboxylic acid groups (broad SMARTS) is 1. The molecule has 1 aliphatic rings. The second-order valence-corrected chi connectivity index (χ2v) is 6.67. The molecule has 1 fully saturated rings. The highest BCUT2D eigenvalue weighted by atomic mass is 19.1. The molecular formula is C20H21F2NO4. The van der Waals surface area contributed by atoms with Crippen LogP contribution in [0.5, 0.6) is 5.88 Å². The summed E-state index contributed by atoms with van der Waals surface area (Å²) < 4.78 is 40.1. The molecule has 1 aromatic heterocycles. The third kappa shape index (κ3) is 4.60. The Morgan fingerprint density at radius 2 is 2.07 bits per heavy atom. The van der Waals surface area contributed by atoms with Crippen LogP contribution in [-0.2, 0) is 9.53 Å². The largest absolute Gasteiger partial charge is 0.481 e. The summed E-state index contributed by atoms with van der Waals surface area (Å²) in [7, 11) is 0. The first-order valence-corrected chi connectivity index (χ1v) is 8.86. The third-order valence-electron chi connectivity index (χ3n) is 4.57. The molecule has 1 saturated heterocycles. The van der Waals surface area contributed by atoms with Crippen LogP contribution >= 0.6 is 0 Å². The molecule has 3 rings (SSSR count). The van der Waals surface area contributed by atoms with Gasteiger partial charge in [-0.1, -0.05) is 6.92 Å². The Morgan fingerprint density at radius 1 is 1.37 bits per heavy atom. The maximum atomic E-state index is 14.7. The summed E-state index contributed by atoms with van der Waals surface area (Å²) >= 11 is 0. The van der Waals surface area contributed by atoms with Crippen LogP contribution in [0.25, 0.3) is 11.1 Å². The average Bonchev–Trinajstić information content (AvgIpc) is 2.57. The highest BCUT2D eigenvalue weighted by molar-refractivity contribution is 5.69. The Labute approximate surface area is 156 Å². The zero-order valence-corrected chi connectivity index (χ0v) is 15.0. The lowest BCUT2D eigenvalue weighted by Gasteiger charge is -2.27. The topological polar surface area (TPSA) is 68.7 Å². The van der Waals surface area contributed by atoms with Gasteiger partial charge in [0, 0.05) is 23.7 Å². The Bertz CT molecular complexity index is 800. The van der Waals surface area contributed by atoms with Crippen LogP contribution in [-0.4, -0.2) is 35.4 Å². The maximum Gasteiger partial charge on any atom is 0.303 e. The summed E-state index contributed by atoms with van der Waals surface area (Å²) in [6, 6.07) is 5.92. The number of nitrogens with zero attached hydrogens (tertiary/aromatic N) is 1. The second-order valence-electron chi connectivity index (χ2n) is 6.67. The van der Waals surface area contributed by atoms with Gasteiger partial charge in [0.25, 0.3) is 0 Å². The summed E-state index contributed by atoms with van der Waals surface area (Å²) in [6.07, 6.45) is 2.18. The van der Waals surface area contributed by atoms with Crippen LogP contribution in [0.2, 0.25) is 0 Å². The monoisotopic (exact) mass is 377 g/mol. The van der Waals surface area contributed by atoms with E-state index in [9.17, 15) is 13.6 Å². The van der Waals surface area contributed by atoms with Crippen molar-refractivity contribution < 1.29 is 28.2 Å². The molecule has 0 spiro atoms. The standard InChI is InChI=1S/C20H21F2NO4/c1-12(4-2-6-18(24)25)19-16(21)8-13(9-17(19)22)15-5-3-7-23-20(15)27-14-10-26-11-14/h3,5,7-9,12,14H,2,4,6,10-11H2,1H3,(H,24,25). The second kappa shape index (κ2) is 8.43. The van der Waals surface area contributed by atoms with Gasteiger partial charge in [-0.3, -0.25) is 4.79 Å². The summed E-state index contributed by atoms with van der Waals surface area (Å²) in [4.78, 5) is 14.8. The number of hydrogen-bond acceptors (Lipinski definition) is 4. The van der Waals surface area contributed by atoms with Gasteiger partial charge in [0.15, 0.2) is 0 Å². The summed E-state index contributed by atoms with van der Waals surface area (Å²) in [5.74, 6) is -2.34. The van der Waals surface area contributed by atoms with Crippen LogP contribution in [0.3, 0.4) is 0 Å². The molecule has 1 unspecified atom stereocenters. The predicted octanol–water partition coefficient (Wildman–Crippen LogP) is 4.16. The van der Waals surface area contributed by atoms with Crippen LogP contribution in [0.1, 0.15) is 37.7 Å². The molecule has 0 amide bonds. The Hall–Kier alpha value is -2.54. The number of carboxylic acids is 1. The lowest BCUT2D eigenvalue weighted by Crippen LogP contribution is -2.38. The van der Waals surface area contributed by atoms with Crippen molar-refractivity contribution in [2.24, 2.45) is 0 Å². The van der Waals surface area contributed by atoms with Gasteiger partial charge < -0.3 is 14.6 Å². The van der Waals surface area contributed by atoms with Gasteiger partial charge in [-0.15, -0.1) is 0 Å². The van der Waals surface area contributed by atoms with E-state index in [0.29, 0.717) is 43.1 Å². The van der Waals surface area contributed by atoms with Gasteiger partial charge in [-0.05, 0) is 48.6 Å². The number of aromatic nitrogens is 1. The first-order valence-electron chi connectivity index (χ1n) is 8.86. The van der Waals surface area contributed by atoms with E-state index in [2.05, 4.69) is 4.98 Å². The fourth-order valence-corrected chi connectivity index (χ4v) is 3.06. The molecule has 5 nitrogen and oxygen atoms in total. The predicted molar refractivity (Wildman–Crippen MR) is 94.7 cm³/mol. The highest BCUT2D eigenvalue weighted by Gasteiger charge is 2.24. The van der Waals surface area contributed by atoms with E-state index >= 15 is 0 Å². The van der Waals surface area contributed by atoms with Crippen molar-refractivity contribution in [3.63, 3.8) is 0 Å². The van der Waals surface area contributed by atoms with E-state index in [1.807, 2.05) is 0 Å². The Kier molecular flexibility index (Phi) is 6.01.